The van der Waals surface area contributed by atoms with Crippen molar-refractivity contribution in [1.29, 1.82) is 0 Å². The van der Waals surface area contributed by atoms with E-state index in [-0.39, 0.29) is 6.61 Å². The zero-order valence-corrected chi connectivity index (χ0v) is 8.43. The summed E-state index contributed by atoms with van der Waals surface area (Å²) in [6.45, 7) is 1.26. The molecular formula is C7H14N2O3S. The molecule has 1 saturated heterocycles. The first-order valence-electron chi connectivity index (χ1n) is 4.11. The zero-order chi connectivity index (χ0) is 9.73. The highest BCUT2D eigenvalue weighted by Gasteiger charge is 2.15. The van der Waals surface area contributed by atoms with Crippen LogP contribution in [0.25, 0.3) is 0 Å². The Morgan fingerprint density at radius 1 is 1.54 bits per heavy atom. The van der Waals surface area contributed by atoms with Crippen molar-refractivity contribution in [2.75, 3.05) is 38.3 Å². The minimum Gasteiger partial charge on any atom is -0.375 e. The van der Waals surface area contributed by atoms with E-state index in [1.165, 1.54) is 7.11 Å². The summed E-state index contributed by atoms with van der Waals surface area (Å²) in [7, 11) is -0.859. The van der Waals surface area contributed by atoms with Crippen molar-refractivity contribution in [3.63, 3.8) is 0 Å². The second-order valence-electron chi connectivity index (χ2n) is 2.85. The predicted octanol–water partition coefficient (Wildman–Crippen LogP) is -0.769. The number of hydrogen-bond donors (Lipinski definition) is 1. The van der Waals surface area contributed by atoms with E-state index in [9.17, 15) is 9.00 Å². The molecule has 1 amide bonds. The van der Waals surface area contributed by atoms with Gasteiger partial charge in [0.15, 0.2) is 0 Å². The molecule has 0 bridgehead atoms. The van der Waals surface area contributed by atoms with E-state index in [1.54, 1.807) is 0 Å². The Kier molecular flexibility index (Phi) is 3.83. The molecule has 0 aromatic rings. The topological polar surface area (TPSA) is 67.8 Å². The van der Waals surface area contributed by atoms with E-state index in [4.69, 9.17) is 0 Å². The molecule has 0 radical (unpaired) electrons. The molecule has 1 aliphatic rings. The molecule has 5 nitrogen and oxygen atoms in total. The fourth-order valence-corrected chi connectivity index (χ4v) is 2.85. The van der Waals surface area contributed by atoms with Crippen LogP contribution in [-0.4, -0.2) is 48.4 Å². The lowest BCUT2D eigenvalue weighted by molar-refractivity contribution is -0.121. The highest BCUT2D eigenvalue weighted by Crippen LogP contribution is 2.00. The summed E-state index contributed by atoms with van der Waals surface area (Å²) in [5.74, 6) is 0.500. The minimum atomic E-state index is -2.28. The summed E-state index contributed by atoms with van der Waals surface area (Å²) < 4.78 is 20.1. The van der Waals surface area contributed by atoms with Crippen LogP contribution >= 0.6 is 0 Å². The minimum absolute atomic E-state index is 0.0789. The van der Waals surface area contributed by atoms with E-state index in [2.05, 4.69) is 14.4 Å². The number of nitrogens with one attached hydrogen (secondary N) is 1. The van der Waals surface area contributed by atoms with Crippen molar-refractivity contribution in [2.45, 2.75) is 0 Å². The Bertz CT molecular complexity index is 282. The van der Waals surface area contributed by atoms with E-state index in [1.807, 2.05) is 0 Å². The first-order valence-corrected chi connectivity index (χ1v) is 5.97. The molecule has 0 saturated carbocycles. The summed E-state index contributed by atoms with van der Waals surface area (Å²) >= 11 is 0. The van der Waals surface area contributed by atoms with Crippen LogP contribution in [0.3, 0.4) is 0 Å². The number of amides is 1. The maximum absolute atomic E-state index is 11.8. The number of ether oxygens (including phenoxy) is 1. The monoisotopic (exact) mass is 206 g/mol. The Morgan fingerprint density at radius 3 is 2.69 bits per heavy atom. The molecule has 1 rings (SSSR count). The molecule has 1 N–H and O–H groups in total. The summed E-state index contributed by atoms with van der Waals surface area (Å²) in [4.78, 5) is 11.0. The second-order valence-corrected chi connectivity index (χ2v) is 5.39. The lowest BCUT2D eigenvalue weighted by Crippen LogP contribution is -2.36. The first-order chi connectivity index (χ1) is 6.16. The van der Waals surface area contributed by atoms with Gasteiger partial charge in [0.25, 0.3) is 5.91 Å². The molecular weight excluding hydrogens is 192 g/mol. The van der Waals surface area contributed by atoms with Gasteiger partial charge in [-0.25, -0.2) is 4.21 Å². The molecule has 0 aromatic heterocycles. The van der Waals surface area contributed by atoms with E-state index in [0.717, 1.165) is 0 Å². The average Bonchev–Trinajstić information content (AvgIpc) is 2.04. The molecule has 0 unspecified atom stereocenters. The van der Waals surface area contributed by atoms with Crippen LogP contribution in [-0.2, 0) is 19.3 Å². The number of hydrogen-bond acceptors (Lipinski definition) is 4. The molecule has 1 aliphatic heterocycles. The van der Waals surface area contributed by atoms with Crippen molar-refractivity contribution in [1.82, 2.24) is 5.32 Å². The summed E-state index contributed by atoms with van der Waals surface area (Å²) in [5.41, 5.74) is 0. The van der Waals surface area contributed by atoms with Gasteiger partial charge < -0.3 is 10.1 Å². The fraction of sp³-hybridized carbons (Fsp3) is 0.857. The number of rotatable bonds is 2. The van der Waals surface area contributed by atoms with Crippen LogP contribution in [0.2, 0.25) is 0 Å². The third kappa shape index (κ3) is 3.41. The van der Waals surface area contributed by atoms with Crippen LogP contribution in [0.15, 0.2) is 4.36 Å². The first kappa shape index (κ1) is 10.6. The highest BCUT2D eigenvalue weighted by atomic mass is 32.2. The normalized spacial score (nSPS) is 21.0. The van der Waals surface area contributed by atoms with Gasteiger partial charge in [-0.05, 0) is 0 Å². The van der Waals surface area contributed by atoms with Gasteiger partial charge in [0.1, 0.15) is 6.61 Å². The number of carbonyl (C=O) groups excluding carboxylic acids is 1. The Morgan fingerprint density at radius 2 is 2.15 bits per heavy atom. The molecule has 0 spiro atoms. The van der Waals surface area contributed by atoms with Crippen LogP contribution in [0.1, 0.15) is 0 Å². The molecule has 0 aromatic carbocycles. The number of nitrogens with zero attached hydrogens (tertiary/aromatic N) is 1. The number of methoxy groups -OCH3 is 1. The van der Waals surface area contributed by atoms with Gasteiger partial charge in [-0.1, -0.05) is 0 Å². The molecule has 6 heteroatoms. The SMILES string of the molecule is COCC(=O)N=S1(=O)CCNCC1. The predicted molar refractivity (Wildman–Crippen MR) is 50.1 cm³/mol. The molecule has 0 aliphatic carbocycles. The molecule has 1 fully saturated rings. The molecule has 1 heterocycles. The van der Waals surface area contributed by atoms with Gasteiger partial charge in [-0.2, -0.15) is 4.36 Å². The molecule has 13 heavy (non-hydrogen) atoms. The van der Waals surface area contributed by atoms with E-state index < -0.39 is 15.6 Å². The van der Waals surface area contributed by atoms with Gasteiger partial charge in [0.2, 0.25) is 0 Å². The third-order valence-electron chi connectivity index (χ3n) is 1.73. The summed E-state index contributed by atoms with van der Waals surface area (Å²) in [5, 5.41) is 3.06. The summed E-state index contributed by atoms with van der Waals surface area (Å²) in [6, 6.07) is 0. The van der Waals surface area contributed by atoms with E-state index >= 15 is 0 Å². The highest BCUT2D eigenvalue weighted by molar-refractivity contribution is 7.94. The van der Waals surface area contributed by atoms with Crippen molar-refractivity contribution in [2.24, 2.45) is 4.36 Å². The van der Waals surface area contributed by atoms with Gasteiger partial charge in [-0.3, -0.25) is 4.79 Å². The van der Waals surface area contributed by atoms with Crippen molar-refractivity contribution in [3.8, 4) is 0 Å². The molecule has 76 valence electrons. The molecule has 0 atom stereocenters. The number of carbonyl (C=O) groups is 1. The Balaban J connectivity index is 2.66. The van der Waals surface area contributed by atoms with Crippen molar-refractivity contribution >= 4 is 15.6 Å². The lowest BCUT2D eigenvalue weighted by Gasteiger charge is -2.15. The Labute approximate surface area is 78.0 Å². The van der Waals surface area contributed by atoms with Gasteiger partial charge in [-0.15, -0.1) is 0 Å². The standard InChI is InChI=1S/C7H14N2O3S/c1-12-6-7(10)9-13(11)4-2-8-3-5-13/h8H,2-6H2,1H3. The average molecular weight is 206 g/mol. The largest absolute Gasteiger partial charge is 0.375 e. The van der Waals surface area contributed by atoms with Gasteiger partial charge in [0, 0.05) is 31.7 Å². The van der Waals surface area contributed by atoms with Gasteiger partial charge in [0.05, 0.1) is 9.73 Å². The quantitative estimate of drug-likeness (QED) is 0.644. The van der Waals surface area contributed by atoms with Crippen LogP contribution < -0.4 is 5.32 Å². The van der Waals surface area contributed by atoms with Crippen molar-refractivity contribution in [3.05, 3.63) is 0 Å². The van der Waals surface area contributed by atoms with Gasteiger partial charge >= 0.3 is 0 Å². The maximum Gasteiger partial charge on any atom is 0.279 e. The fourth-order valence-electron chi connectivity index (χ4n) is 1.12. The maximum atomic E-state index is 11.8. The second kappa shape index (κ2) is 4.69. The van der Waals surface area contributed by atoms with Crippen LogP contribution in [0, 0.1) is 0 Å². The third-order valence-corrected chi connectivity index (χ3v) is 3.95. The lowest BCUT2D eigenvalue weighted by atomic mass is 10.6. The van der Waals surface area contributed by atoms with Crippen molar-refractivity contribution < 1.29 is 13.7 Å². The smallest absolute Gasteiger partial charge is 0.279 e. The van der Waals surface area contributed by atoms with Crippen LogP contribution in [0.4, 0.5) is 0 Å². The Hall–Kier alpha value is -0.460. The zero-order valence-electron chi connectivity index (χ0n) is 7.62. The summed E-state index contributed by atoms with van der Waals surface area (Å²) in [6.07, 6.45) is 0. The van der Waals surface area contributed by atoms with E-state index in [0.29, 0.717) is 24.6 Å². The van der Waals surface area contributed by atoms with Crippen LogP contribution in [0.5, 0.6) is 0 Å².